The second kappa shape index (κ2) is 8.47. The first-order chi connectivity index (χ1) is 14.6. The fraction of sp³-hybridized carbons (Fsp3) is 0.828. The lowest BCUT2D eigenvalue weighted by atomic mass is 9.46. The van der Waals surface area contributed by atoms with Crippen LogP contribution in [0.4, 0.5) is 0 Å². The number of rotatable bonds is 6. The van der Waals surface area contributed by atoms with E-state index in [0.29, 0.717) is 41.8 Å². The number of ketones is 1. The van der Waals surface area contributed by atoms with Crippen molar-refractivity contribution in [3.8, 4) is 0 Å². The summed E-state index contributed by atoms with van der Waals surface area (Å²) < 4.78 is 0. The Balaban J connectivity index is 1.55. The number of fused-ring (bicyclic) bond motifs is 5. The molecule has 0 radical (unpaired) electrons. The standard InChI is InChI=1S/C29H46O2/c1-7-20(18(2)3)12-11-19(4)23-15-16-24-22-14-13-21-9-8-10-26(31)29(21,6)27(22)25(30)17-28(23,24)5/h13,19-20,22-25,27,30H,2,7-12,14-17H2,1,3-6H3/t19-,20+,22+,23-,24+,25-,27-,28-,29-/m1/s1. The Bertz CT molecular complexity index is 750. The van der Waals surface area contributed by atoms with Crippen LogP contribution in [0.25, 0.3) is 0 Å². The highest BCUT2D eigenvalue weighted by Gasteiger charge is 2.63. The van der Waals surface area contributed by atoms with Crippen molar-refractivity contribution in [3.05, 3.63) is 23.8 Å². The molecular weight excluding hydrogens is 380 g/mol. The van der Waals surface area contributed by atoms with Crippen LogP contribution in [0.2, 0.25) is 0 Å². The normalized spacial score (nSPS) is 44.0. The monoisotopic (exact) mass is 426 g/mol. The van der Waals surface area contributed by atoms with E-state index in [1.807, 2.05) is 0 Å². The summed E-state index contributed by atoms with van der Waals surface area (Å²) in [6.07, 6.45) is 13.1. The van der Waals surface area contributed by atoms with E-state index in [4.69, 9.17) is 0 Å². The summed E-state index contributed by atoms with van der Waals surface area (Å²) in [7, 11) is 0. The van der Waals surface area contributed by atoms with Crippen LogP contribution in [-0.4, -0.2) is 17.0 Å². The number of hydrogen-bond donors (Lipinski definition) is 1. The summed E-state index contributed by atoms with van der Waals surface area (Å²) in [5.74, 6) is 3.69. The van der Waals surface area contributed by atoms with Gasteiger partial charge in [0.1, 0.15) is 5.78 Å². The van der Waals surface area contributed by atoms with Gasteiger partial charge in [0.25, 0.3) is 0 Å². The third kappa shape index (κ3) is 3.60. The van der Waals surface area contributed by atoms with Gasteiger partial charge in [0.15, 0.2) is 0 Å². The van der Waals surface area contributed by atoms with Gasteiger partial charge in [-0.2, -0.15) is 0 Å². The molecule has 2 nitrogen and oxygen atoms in total. The SMILES string of the molecule is C=C(C)[C@@H](CC)CC[C@@H](C)[C@H]1CC[C@H]2[C@@H]3CC=C4CCCC(=O)[C@]4(C)[C@H]3[C@H](O)C[C@]12C. The molecule has 0 spiro atoms. The van der Waals surface area contributed by atoms with Crippen molar-refractivity contribution in [2.75, 3.05) is 0 Å². The average Bonchev–Trinajstić information content (AvgIpc) is 3.05. The van der Waals surface area contributed by atoms with E-state index < -0.39 is 5.41 Å². The molecule has 0 aromatic rings. The molecule has 0 bridgehead atoms. The molecule has 0 aromatic carbocycles. The van der Waals surface area contributed by atoms with Gasteiger partial charge in [0.05, 0.1) is 11.5 Å². The second-order valence-electron chi connectivity index (χ2n) is 12.2. The molecule has 174 valence electrons. The molecule has 9 atom stereocenters. The van der Waals surface area contributed by atoms with Crippen LogP contribution in [0.5, 0.6) is 0 Å². The Morgan fingerprint density at radius 1 is 1.26 bits per heavy atom. The van der Waals surface area contributed by atoms with Crippen LogP contribution >= 0.6 is 0 Å². The van der Waals surface area contributed by atoms with Gasteiger partial charge in [-0.15, -0.1) is 0 Å². The smallest absolute Gasteiger partial charge is 0.143 e. The first-order valence-electron chi connectivity index (χ1n) is 13.2. The molecule has 0 unspecified atom stereocenters. The molecule has 0 amide bonds. The minimum Gasteiger partial charge on any atom is -0.393 e. The van der Waals surface area contributed by atoms with Gasteiger partial charge >= 0.3 is 0 Å². The van der Waals surface area contributed by atoms with Crippen LogP contribution in [0.1, 0.15) is 98.8 Å². The minimum absolute atomic E-state index is 0.139. The topological polar surface area (TPSA) is 37.3 Å². The van der Waals surface area contributed by atoms with E-state index in [9.17, 15) is 9.90 Å². The van der Waals surface area contributed by atoms with Gasteiger partial charge < -0.3 is 5.11 Å². The maximum absolute atomic E-state index is 13.2. The van der Waals surface area contributed by atoms with Crippen molar-refractivity contribution in [1.82, 2.24) is 0 Å². The molecule has 0 aliphatic heterocycles. The van der Waals surface area contributed by atoms with Gasteiger partial charge in [0, 0.05) is 12.3 Å². The van der Waals surface area contributed by atoms with Gasteiger partial charge in [-0.1, -0.05) is 44.6 Å². The Morgan fingerprint density at radius 2 is 2.00 bits per heavy atom. The van der Waals surface area contributed by atoms with Crippen molar-refractivity contribution < 1.29 is 9.90 Å². The fourth-order valence-electron chi connectivity index (χ4n) is 9.07. The molecule has 4 aliphatic carbocycles. The number of allylic oxidation sites excluding steroid dienone is 3. The first kappa shape index (κ1) is 23.3. The molecule has 3 fully saturated rings. The zero-order valence-corrected chi connectivity index (χ0v) is 20.8. The van der Waals surface area contributed by atoms with E-state index in [-0.39, 0.29) is 17.4 Å². The molecule has 3 saturated carbocycles. The predicted octanol–water partition coefficient (Wildman–Crippen LogP) is 7.12. The third-order valence-corrected chi connectivity index (χ3v) is 10.8. The molecule has 1 N–H and O–H groups in total. The molecule has 2 heteroatoms. The molecule has 31 heavy (non-hydrogen) atoms. The summed E-state index contributed by atoms with van der Waals surface area (Å²) in [5, 5.41) is 11.6. The van der Waals surface area contributed by atoms with Crippen LogP contribution < -0.4 is 0 Å². The Labute approximate surface area is 191 Å². The van der Waals surface area contributed by atoms with E-state index >= 15 is 0 Å². The van der Waals surface area contributed by atoms with Crippen molar-refractivity contribution >= 4 is 5.78 Å². The number of Topliss-reactive ketones (excluding diaryl/α,β-unsaturated/α-hetero) is 1. The summed E-state index contributed by atoms with van der Waals surface area (Å²) in [5.41, 5.74) is 2.49. The summed E-state index contributed by atoms with van der Waals surface area (Å²) in [4.78, 5) is 13.2. The highest BCUT2D eigenvalue weighted by Crippen LogP contribution is 2.66. The van der Waals surface area contributed by atoms with Gasteiger partial charge in [-0.05, 0) is 107 Å². The lowest BCUT2D eigenvalue weighted by Crippen LogP contribution is -2.58. The number of hydrogen-bond acceptors (Lipinski definition) is 2. The number of carbonyl (C=O) groups is 1. The lowest BCUT2D eigenvalue weighted by Gasteiger charge is -2.59. The van der Waals surface area contributed by atoms with Crippen molar-refractivity contribution in [3.63, 3.8) is 0 Å². The molecule has 4 aliphatic rings. The maximum Gasteiger partial charge on any atom is 0.143 e. The fourth-order valence-corrected chi connectivity index (χ4v) is 9.07. The van der Waals surface area contributed by atoms with E-state index in [1.165, 1.54) is 43.3 Å². The third-order valence-electron chi connectivity index (χ3n) is 10.8. The second-order valence-corrected chi connectivity index (χ2v) is 12.2. The first-order valence-corrected chi connectivity index (χ1v) is 13.2. The average molecular weight is 427 g/mol. The van der Waals surface area contributed by atoms with E-state index in [1.54, 1.807) is 0 Å². The lowest BCUT2D eigenvalue weighted by molar-refractivity contribution is -0.152. The van der Waals surface area contributed by atoms with Crippen LogP contribution in [-0.2, 0) is 4.79 Å². The number of aliphatic hydroxyl groups excluding tert-OH is 1. The van der Waals surface area contributed by atoms with Crippen LogP contribution in [0, 0.1) is 46.3 Å². The molecule has 0 saturated heterocycles. The van der Waals surface area contributed by atoms with E-state index in [0.717, 1.165) is 25.7 Å². The Morgan fingerprint density at radius 3 is 2.68 bits per heavy atom. The van der Waals surface area contributed by atoms with Gasteiger partial charge in [-0.3, -0.25) is 4.79 Å². The quantitative estimate of drug-likeness (QED) is 0.459. The predicted molar refractivity (Wildman–Crippen MR) is 129 cm³/mol. The van der Waals surface area contributed by atoms with Crippen LogP contribution in [0.3, 0.4) is 0 Å². The van der Waals surface area contributed by atoms with Gasteiger partial charge in [-0.25, -0.2) is 0 Å². The van der Waals surface area contributed by atoms with Crippen molar-refractivity contribution in [1.29, 1.82) is 0 Å². The molecule has 0 aromatic heterocycles. The van der Waals surface area contributed by atoms with Crippen LogP contribution in [0.15, 0.2) is 23.8 Å². The maximum atomic E-state index is 13.2. The number of carbonyl (C=O) groups excluding carboxylic acids is 1. The largest absolute Gasteiger partial charge is 0.393 e. The minimum atomic E-state index is -0.401. The Kier molecular flexibility index (Phi) is 6.36. The summed E-state index contributed by atoms with van der Waals surface area (Å²) in [6, 6.07) is 0. The summed E-state index contributed by atoms with van der Waals surface area (Å²) in [6.45, 7) is 15.8. The van der Waals surface area contributed by atoms with Crippen molar-refractivity contribution in [2.24, 2.45) is 46.3 Å². The summed E-state index contributed by atoms with van der Waals surface area (Å²) >= 11 is 0. The highest BCUT2D eigenvalue weighted by molar-refractivity contribution is 5.89. The zero-order chi connectivity index (χ0) is 22.6. The highest BCUT2D eigenvalue weighted by atomic mass is 16.3. The van der Waals surface area contributed by atoms with Crippen molar-refractivity contribution in [2.45, 2.75) is 105 Å². The Hall–Kier alpha value is -0.890. The zero-order valence-electron chi connectivity index (χ0n) is 20.8. The van der Waals surface area contributed by atoms with Gasteiger partial charge in [0.2, 0.25) is 0 Å². The molecule has 0 heterocycles. The molecular formula is C29H46O2. The molecule has 4 rings (SSSR count). The number of aliphatic hydroxyl groups is 1. The van der Waals surface area contributed by atoms with E-state index in [2.05, 4.69) is 47.3 Å².